The molecule has 0 bridgehead atoms. The van der Waals surface area contributed by atoms with Crippen molar-refractivity contribution in [1.82, 2.24) is 0 Å². The number of ether oxygens (including phenoxy) is 1. The van der Waals surface area contributed by atoms with Crippen LogP contribution >= 0.6 is 27.5 Å². The normalized spacial score (nSPS) is 10.4. The van der Waals surface area contributed by atoms with Gasteiger partial charge in [-0.15, -0.1) is 0 Å². The molecule has 0 aromatic heterocycles. The van der Waals surface area contributed by atoms with Crippen molar-refractivity contribution in [2.45, 2.75) is 19.2 Å². The molecule has 2 aromatic rings. The zero-order chi connectivity index (χ0) is 13.1. The summed E-state index contributed by atoms with van der Waals surface area (Å²) in [5.41, 5.74) is 3.38. The van der Waals surface area contributed by atoms with E-state index in [0.717, 1.165) is 33.0 Å². The van der Waals surface area contributed by atoms with E-state index in [1.807, 2.05) is 37.3 Å². The van der Waals surface area contributed by atoms with Crippen LogP contribution in [0.1, 0.15) is 16.7 Å². The molecule has 94 valence electrons. The number of alkyl halides is 1. The summed E-state index contributed by atoms with van der Waals surface area (Å²) < 4.78 is 5.90. The van der Waals surface area contributed by atoms with Gasteiger partial charge in [0.15, 0.2) is 0 Å². The first-order chi connectivity index (χ1) is 8.60. The minimum absolute atomic E-state index is 0.756. The van der Waals surface area contributed by atoms with E-state index in [9.17, 15) is 0 Å². The highest BCUT2D eigenvalue weighted by molar-refractivity contribution is 9.08. The van der Waals surface area contributed by atoms with Gasteiger partial charge in [0.25, 0.3) is 0 Å². The standard InChI is InChI=1S/C15H14BrClO/c1-10-3-6-15(12(7-10)9-16)18-13-4-5-14(17)11(2)8-13/h3-8H,9H2,1-2H3. The molecule has 2 aromatic carbocycles. The number of hydrogen-bond donors (Lipinski definition) is 0. The largest absolute Gasteiger partial charge is 0.457 e. The highest BCUT2D eigenvalue weighted by Gasteiger charge is 2.05. The SMILES string of the molecule is Cc1ccc(Oc2ccc(Cl)c(C)c2)c(CBr)c1. The summed E-state index contributed by atoms with van der Waals surface area (Å²) in [6.07, 6.45) is 0. The van der Waals surface area contributed by atoms with Crippen molar-refractivity contribution in [2.24, 2.45) is 0 Å². The Morgan fingerprint density at radius 3 is 2.56 bits per heavy atom. The lowest BCUT2D eigenvalue weighted by atomic mass is 10.1. The van der Waals surface area contributed by atoms with Gasteiger partial charge in [0.1, 0.15) is 11.5 Å². The Hall–Kier alpha value is -0.990. The minimum Gasteiger partial charge on any atom is -0.457 e. The van der Waals surface area contributed by atoms with Gasteiger partial charge in [-0.3, -0.25) is 0 Å². The number of aryl methyl sites for hydroxylation is 2. The third-order valence-corrected chi connectivity index (χ3v) is 3.75. The van der Waals surface area contributed by atoms with Crippen molar-refractivity contribution in [2.75, 3.05) is 0 Å². The maximum absolute atomic E-state index is 6.00. The van der Waals surface area contributed by atoms with Crippen LogP contribution in [0.25, 0.3) is 0 Å². The van der Waals surface area contributed by atoms with E-state index in [1.165, 1.54) is 5.56 Å². The van der Waals surface area contributed by atoms with Gasteiger partial charge in [-0.25, -0.2) is 0 Å². The molecule has 0 spiro atoms. The monoisotopic (exact) mass is 324 g/mol. The van der Waals surface area contributed by atoms with E-state index in [0.29, 0.717) is 0 Å². The Bertz CT molecular complexity index is 566. The molecule has 0 atom stereocenters. The lowest BCUT2D eigenvalue weighted by Gasteiger charge is -2.11. The Labute approximate surface area is 121 Å². The molecule has 0 aliphatic rings. The topological polar surface area (TPSA) is 9.23 Å². The highest BCUT2D eigenvalue weighted by Crippen LogP contribution is 2.29. The fraction of sp³-hybridized carbons (Fsp3) is 0.200. The van der Waals surface area contributed by atoms with Gasteiger partial charge in [-0.05, 0) is 43.7 Å². The third kappa shape index (κ3) is 3.06. The molecule has 0 heterocycles. The van der Waals surface area contributed by atoms with Crippen molar-refractivity contribution in [1.29, 1.82) is 0 Å². The second-order valence-electron chi connectivity index (χ2n) is 4.26. The number of halogens is 2. The van der Waals surface area contributed by atoms with Crippen LogP contribution in [0.15, 0.2) is 36.4 Å². The van der Waals surface area contributed by atoms with Crippen LogP contribution in [-0.2, 0) is 5.33 Å². The molecule has 3 heteroatoms. The fourth-order valence-electron chi connectivity index (χ4n) is 1.72. The molecule has 2 rings (SSSR count). The van der Waals surface area contributed by atoms with Gasteiger partial charge in [-0.2, -0.15) is 0 Å². The van der Waals surface area contributed by atoms with Crippen molar-refractivity contribution in [3.8, 4) is 11.5 Å². The van der Waals surface area contributed by atoms with Gasteiger partial charge in [-0.1, -0.05) is 45.2 Å². The second kappa shape index (κ2) is 5.77. The number of hydrogen-bond acceptors (Lipinski definition) is 1. The van der Waals surface area contributed by atoms with Crippen LogP contribution in [0.5, 0.6) is 11.5 Å². The fourth-order valence-corrected chi connectivity index (χ4v) is 2.28. The van der Waals surface area contributed by atoms with Gasteiger partial charge in [0, 0.05) is 15.9 Å². The Balaban J connectivity index is 2.30. The molecule has 0 aliphatic carbocycles. The van der Waals surface area contributed by atoms with Crippen LogP contribution in [-0.4, -0.2) is 0 Å². The predicted molar refractivity (Wildman–Crippen MR) is 80.1 cm³/mol. The summed E-state index contributed by atoms with van der Waals surface area (Å²) in [5.74, 6) is 1.68. The van der Waals surface area contributed by atoms with Gasteiger partial charge in [0.2, 0.25) is 0 Å². The summed E-state index contributed by atoms with van der Waals surface area (Å²) in [6.45, 7) is 4.04. The first kappa shape index (κ1) is 13.4. The van der Waals surface area contributed by atoms with Crippen LogP contribution in [0.2, 0.25) is 5.02 Å². The molecule has 0 unspecified atom stereocenters. The first-order valence-electron chi connectivity index (χ1n) is 5.69. The van der Waals surface area contributed by atoms with E-state index >= 15 is 0 Å². The molecule has 18 heavy (non-hydrogen) atoms. The van der Waals surface area contributed by atoms with Crippen molar-refractivity contribution in [3.05, 3.63) is 58.1 Å². The van der Waals surface area contributed by atoms with Crippen LogP contribution in [0.4, 0.5) is 0 Å². The molecule has 0 amide bonds. The molecule has 0 N–H and O–H groups in total. The molecular weight excluding hydrogens is 312 g/mol. The summed E-state index contributed by atoms with van der Waals surface area (Å²) in [7, 11) is 0. The lowest BCUT2D eigenvalue weighted by Crippen LogP contribution is -1.91. The van der Waals surface area contributed by atoms with E-state index in [-0.39, 0.29) is 0 Å². The summed E-state index contributed by atoms with van der Waals surface area (Å²) in [5, 5.41) is 1.53. The molecule has 0 fully saturated rings. The van der Waals surface area contributed by atoms with Crippen LogP contribution in [0, 0.1) is 13.8 Å². The van der Waals surface area contributed by atoms with E-state index < -0.39 is 0 Å². The van der Waals surface area contributed by atoms with Crippen molar-refractivity contribution >= 4 is 27.5 Å². The summed E-state index contributed by atoms with van der Waals surface area (Å²) in [6, 6.07) is 11.8. The highest BCUT2D eigenvalue weighted by atomic mass is 79.9. The molecule has 0 aliphatic heterocycles. The summed E-state index contributed by atoms with van der Waals surface area (Å²) >= 11 is 9.48. The van der Waals surface area contributed by atoms with E-state index in [4.69, 9.17) is 16.3 Å². The number of benzene rings is 2. The minimum atomic E-state index is 0.756. The first-order valence-corrected chi connectivity index (χ1v) is 7.19. The van der Waals surface area contributed by atoms with E-state index in [1.54, 1.807) is 0 Å². The predicted octanol–water partition coefficient (Wildman–Crippen LogP) is 5.64. The number of rotatable bonds is 3. The Morgan fingerprint density at radius 2 is 1.89 bits per heavy atom. The second-order valence-corrected chi connectivity index (χ2v) is 5.23. The average molecular weight is 326 g/mol. The molecule has 1 nitrogen and oxygen atoms in total. The van der Waals surface area contributed by atoms with Gasteiger partial charge < -0.3 is 4.74 Å². The van der Waals surface area contributed by atoms with Gasteiger partial charge >= 0.3 is 0 Å². The molecule has 0 saturated heterocycles. The quantitative estimate of drug-likeness (QED) is 0.663. The van der Waals surface area contributed by atoms with Crippen molar-refractivity contribution in [3.63, 3.8) is 0 Å². The average Bonchev–Trinajstić information content (AvgIpc) is 2.36. The zero-order valence-corrected chi connectivity index (χ0v) is 12.7. The van der Waals surface area contributed by atoms with Crippen molar-refractivity contribution < 1.29 is 4.74 Å². The maximum Gasteiger partial charge on any atom is 0.131 e. The third-order valence-electron chi connectivity index (χ3n) is 2.72. The van der Waals surface area contributed by atoms with E-state index in [2.05, 4.69) is 28.9 Å². The molecular formula is C15H14BrClO. The Morgan fingerprint density at radius 1 is 1.11 bits per heavy atom. The molecule has 0 radical (unpaired) electrons. The van der Waals surface area contributed by atoms with Crippen LogP contribution < -0.4 is 4.74 Å². The maximum atomic E-state index is 6.00. The zero-order valence-electron chi connectivity index (χ0n) is 10.3. The lowest BCUT2D eigenvalue weighted by molar-refractivity contribution is 0.478. The van der Waals surface area contributed by atoms with Crippen LogP contribution in [0.3, 0.4) is 0 Å². The smallest absolute Gasteiger partial charge is 0.131 e. The summed E-state index contributed by atoms with van der Waals surface area (Å²) in [4.78, 5) is 0. The Kier molecular flexibility index (Phi) is 4.31. The van der Waals surface area contributed by atoms with Gasteiger partial charge in [0.05, 0.1) is 0 Å². The molecule has 0 saturated carbocycles.